The van der Waals surface area contributed by atoms with E-state index in [-0.39, 0.29) is 5.56 Å². The van der Waals surface area contributed by atoms with Crippen molar-refractivity contribution in [1.29, 1.82) is 0 Å². The van der Waals surface area contributed by atoms with Crippen molar-refractivity contribution >= 4 is 18.0 Å². The molecule has 2 rings (SSSR count). The zero-order chi connectivity index (χ0) is 13.8. The van der Waals surface area contributed by atoms with Gasteiger partial charge in [0.2, 0.25) is 0 Å². The van der Waals surface area contributed by atoms with Crippen molar-refractivity contribution < 1.29 is 18.0 Å². The van der Waals surface area contributed by atoms with Crippen molar-refractivity contribution in [3.8, 4) is 11.1 Å². The van der Waals surface area contributed by atoms with Crippen LogP contribution in [0.3, 0.4) is 0 Å². The smallest absolute Gasteiger partial charge is 0.288 e. The van der Waals surface area contributed by atoms with Gasteiger partial charge in [-0.1, -0.05) is 30.0 Å². The molecule has 0 saturated carbocycles. The molecule has 2 aromatic rings. The first-order valence-corrected chi connectivity index (χ1v) is 6.28. The lowest BCUT2D eigenvalue weighted by atomic mass is 10.0. The van der Waals surface area contributed by atoms with Gasteiger partial charge in [-0.15, -0.1) is 0 Å². The van der Waals surface area contributed by atoms with E-state index in [0.717, 1.165) is 0 Å². The summed E-state index contributed by atoms with van der Waals surface area (Å²) in [6.45, 7) is 0. The number of hydrogen-bond acceptors (Lipinski definition) is 2. The van der Waals surface area contributed by atoms with Crippen LogP contribution in [0.15, 0.2) is 47.4 Å². The van der Waals surface area contributed by atoms with E-state index < -0.39 is 11.6 Å². The maximum atomic E-state index is 13.5. The van der Waals surface area contributed by atoms with Gasteiger partial charge in [0.05, 0.1) is 5.56 Å². The molecular formula is C14H9F3OS. The number of aldehydes is 1. The Balaban J connectivity index is 2.27. The quantitative estimate of drug-likeness (QED) is 0.601. The van der Waals surface area contributed by atoms with Crippen molar-refractivity contribution in [2.45, 2.75) is 10.7 Å². The van der Waals surface area contributed by atoms with Crippen LogP contribution in [0, 0.1) is 5.82 Å². The predicted octanol–water partition coefficient (Wildman–Crippen LogP) is 4.62. The van der Waals surface area contributed by atoms with Gasteiger partial charge in [0.25, 0.3) is 5.76 Å². The molecule has 0 saturated heterocycles. The molecule has 0 spiro atoms. The van der Waals surface area contributed by atoms with Gasteiger partial charge < -0.3 is 0 Å². The minimum atomic E-state index is -2.46. The van der Waals surface area contributed by atoms with Gasteiger partial charge >= 0.3 is 0 Å². The highest BCUT2D eigenvalue weighted by Crippen LogP contribution is 2.28. The van der Waals surface area contributed by atoms with Crippen LogP contribution in [0.1, 0.15) is 10.4 Å². The van der Waals surface area contributed by atoms with Crippen molar-refractivity contribution in [1.82, 2.24) is 0 Å². The highest BCUT2D eigenvalue weighted by Gasteiger charge is 2.07. The van der Waals surface area contributed by atoms with E-state index in [1.54, 1.807) is 30.3 Å². The highest BCUT2D eigenvalue weighted by atomic mass is 32.2. The van der Waals surface area contributed by atoms with Crippen molar-refractivity contribution in [2.75, 3.05) is 0 Å². The van der Waals surface area contributed by atoms with E-state index in [0.29, 0.717) is 34.1 Å². The average molecular weight is 282 g/mol. The van der Waals surface area contributed by atoms with E-state index in [1.807, 2.05) is 0 Å². The zero-order valence-electron chi connectivity index (χ0n) is 9.65. The lowest BCUT2D eigenvalue weighted by Crippen LogP contribution is -1.88. The number of halogens is 3. The molecule has 0 aliphatic carbocycles. The first-order chi connectivity index (χ1) is 9.10. The second-order valence-electron chi connectivity index (χ2n) is 3.76. The first-order valence-electron chi connectivity index (χ1n) is 5.40. The molecule has 0 aliphatic heterocycles. The van der Waals surface area contributed by atoms with Gasteiger partial charge in [-0.3, -0.25) is 4.79 Å². The number of thioether (sulfide) groups is 1. The summed E-state index contributed by atoms with van der Waals surface area (Å²) in [5.74, 6) is -3.06. The van der Waals surface area contributed by atoms with Crippen LogP contribution in [-0.4, -0.2) is 12.0 Å². The lowest BCUT2D eigenvalue weighted by Gasteiger charge is -2.05. The maximum Gasteiger partial charge on any atom is 0.288 e. The summed E-state index contributed by atoms with van der Waals surface area (Å²) in [5, 5.41) is 0. The number of hydrogen-bond donors (Lipinski definition) is 0. The van der Waals surface area contributed by atoms with Crippen LogP contribution in [0.4, 0.5) is 13.2 Å². The lowest BCUT2D eigenvalue weighted by molar-refractivity contribution is 0.112. The van der Waals surface area contributed by atoms with E-state index >= 15 is 0 Å². The van der Waals surface area contributed by atoms with E-state index in [4.69, 9.17) is 0 Å². The molecule has 98 valence electrons. The fourth-order valence-electron chi connectivity index (χ4n) is 1.63. The number of carbonyl (C=O) groups is 1. The Morgan fingerprint density at radius 3 is 2.16 bits per heavy atom. The SMILES string of the molecule is O=Cc1ccc(-c2ccc(SC(F)F)cc2)cc1F. The molecule has 0 radical (unpaired) electrons. The number of benzene rings is 2. The summed E-state index contributed by atoms with van der Waals surface area (Å²) in [5.41, 5.74) is 1.29. The third kappa shape index (κ3) is 3.38. The third-order valence-corrected chi connectivity index (χ3v) is 3.26. The molecule has 19 heavy (non-hydrogen) atoms. The number of carbonyl (C=O) groups excluding carboxylic acids is 1. The summed E-state index contributed by atoms with van der Waals surface area (Å²) in [6.07, 6.45) is 0.446. The average Bonchev–Trinajstić information content (AvgIpc) is 2.39. The van der Waals surface area contributed by atoms with Crippen molar-refractivity contribution in [2.24, 2.45) is 0 Å². The van der Waals surface area contributed by atoms with Crippen LogP contribution in [0.25, 0.3) is 11.1 Å². The molecule has 0 amide bonds. The first kappa shape index (κ1) is 13.7. The normalized spacial score (nSPS) is 10.7. The molecule has 2 aromatic carbocycles. The number of alkyl halides is 2. The second-order valence-corrected chi connectivity index (χ2v) is 4.82. The topological polar surface area (TPSA) is 17.1 Å². The molecule has 0 aliphatic rings. The monoisotopic (exact) mass is 282 g/mol. The van der Waals surface area contributed by atoms with Crippen LogP contribution in [0.2, 0.25) is 0 Å². The molecule has 0 bridgehead atoms. The Morgan fingerprint density at radius 1 is 1.00 bits per heavy atom. The van der Waals surface area contributed by atoms with Crippen LogP contribution >= 0.6 is 11.8 Å². The van der Waals surface area contributed by atoms with Crippen molar-refractivity contribution in [3.05, 3.63) is 53.8 Å². The summed E-state index contributed by atoms with van der Waals surface area (Å²) in [7, 11) is 0. The predicted molar refractivity (Wildman–Crippen MR) is 69.1 cm³/mol. The molecule has 5 heteroatoms. The Bertz CT molecular complexity index is 582. The minimum absolute atomic E-state index is 0.00590. The zero-order valence-corrected chi connectivity index (χ0v) is 10.5. The molecule has 1 nitrogen and oxygen atoms in total. The number of rotatable bonds is 4. The minimum Gasteiger partial charge on any atom is -0.298 e. The Morgan fingerprint density at radius 2 is 1.63 bits per heavy atom. The fraction of sp³-hybridized carbons (Fsp3) is 0.0714. The molecular weight excluding hydrogens is 273 g/mol. The van der Waals surface area contributed by atoms with Gasteiger partial charge in [0.15, 0.2) is 6.29 Å². The third-order valence-electron chi connectivity index (χ3n) is 2.54. The summed E-state index contributed by atoms with van der Waals surface area (Å²) in [6, 6.07) is 10.6. The van der Waals surface area contributed by atoms with Crippen LogP contribution in [-0.2, 0) is 0 Å². The summed E-state index contributed by atoms with van der Waals surface area (Å²) < 4.78 is 37.8. The molecule has 0 unspecified atom stereocenters. The largest absolute Gasteiger partial charge is 0.298 e. The Kier molecular flexibility index (Phi) is 4.27. The Labute approximate surface area is 112 Å². The molecule has 0 fully saturated rings. The van der Waals surface area contributed by atoms with Crippen molar-refractivity contribution in [3.63, 3.8) is 0 Å². The van der Waals surface area contributed by atoms with Gasteiger partial charge in [0.1, 0.15) is 5.82 Å². The van der Waals surface area contributed by atoms with Gasteiger partial charge in [0, 0.05) is 4.90 Å². The Hall–Kier alpha value is -1.75. The van der Waals surface area contributed by atoms with Gasteiger partial charge in [-0.2, -0.15) is 8.78 Å². The molecule has 0 aromatic heterocycles. The van der Waals surface area contributed by atoms with E-state index in [9.17, 15) is 18.0 Å². The van der Waals surface area contributed by atoms with Gasteiger partial charge in [-0.25, -0.2) is 4.39 Å². The fourth-order valence-corrected chi connectivity index (χ4v) is 2.13. The standard InChI is InChI=1S/C14H9F3OS/c15-13-7-10(1-2-11(13)8-18)9-3-5-12(6-4-9)19-14(16)17/h1-8,14H. The summed E-state index contributed by atoms with van der Waals surface area (Å²) in [4.78, 5) is 11.0. The molecule has 0 N–H and O–H groups in total. The van der Waals surface area contributed by atoms with Gasteiger partial charge in [-0.05, 0) is 35.4 Å². The molecule has 0 atom stereocenters. The maximum absolute atomic E-state index is 13.5. The van der Waals surface area contributed by atoms with Crippen LogP contribution < -0.4 is 0 Å². The highest BCUT2D eigenvalue weighted by molar-refractivity contribution is 7.99. The summed E-state index contributed by atoms with van der Waals surface area (Å²) >= 11 is 0.458. The van der Waals surface area contributed by atoms with E-state index in [2.05, 4.69) is 0 Å². The van der Waals surface area contributed by atoms with E-state index in [1.165, 1.54) is 12.1 Å². The second kappa shape index (κ2) is 5.93. The molecule has 0 heterocycles. The van der Waals surface area contributed by atoms with Crippen LogP contribution in [0.5, 0.6) is 0 Å².